The summed E-state index contributed by atoms with van der Waals surface area (Å²) >= 11 is 0. The van der Waals surface area contributed by atoms with E-state index in [0.29, 0.717) is 33.8 Å². The van der Waals surface area contributed by atoms with Crippen molar-refractivity contribution < 1.29 is 14.3 Å². The molecule has 0 aliphatic rings. The Morgan fingerprint density at radius 1 is 1.00 bits per heavy atom. The highest BCUT2D eigenvalue weighted by Gasteiger charge is 2.17. The molecule has 1 aromatic heterocycles. The lowest BCUT2D eigenvalue weighted by molar-refractivity contribution is 0.415. The molecular weight excluding hydrogens is 354 g/mol. The van der Waals surface area contributed by atoms with Crippen molar-refractivity contribution in [2.75, 3.05) is 12.4 Å². The van der Waals surface area contributed by atoms with E-state index >= 15 is 0 Å². The average Bonchev–Trinajstić information content (AvgIpc) is 2.71. The molecule has 0 aliphatic carbocycles. The van der Waals surface area contributed by atoms with E-state index in [9.17, 15) is 9.90 Å². The van der Waals surface area contributed by atoms with Crippen LogP contribution in [0.3, 0.4) is 0 Å². The zero-order valence-electron chi connectivity index (χ0n) is 15.5. The number of benzene rings is 3. The van der Waals surface area contributed by atoms with Crippen LogP contribution in [0.15, 0.2) is 75.9 Å². The molecule has 0 saturated heterocycles. The second-order valence-electron chi connectivity index (χ2n) is 6.49. The number of fused-ring (bicyclic) bond motifs is 1. The molecular formula is C23H19NO4. The summed E-state index contributed by atoms with van der Waals surface area (Å²) in [4.78, 5) is 12.8. The van der Waals surface area contributed by atoms with Gasteiger partial charge in [0.2, 0.25) is 0 Å². The normalized spacial score (nSPS) is 10.8. The minimum Gasteiger partial charge on any atom is -0.508 e. The molecule has 3 aromatic carbocycles. The number of anilines is 2. The third-order valence-electron chi connectivity index (χ3n) is 4.67. The predicted molar refractivity (Wildman–Crippen MR) is 111 cm³/mol. The van der Waals surface area contributed by atoms with E-state index < -0.39 is 5.63 Å². The summed E-state index contributed by atoms with van der Waals surface area (Å²) in [7, 11) is 1.59. The van der Waals surface area contributed by atoms with Crippen LogP contribution in [-0.2, 0) is 0 Å². The summed E-state index contributed by atoms with van der Waals surface area (Å²) in [5, 5.41) is 14.1. The highest BCUT2D eigenvalue weighted by atomic mass is 16.5. The van der Waals surface area contributed by atoms with Gasteiger partial charge in [0.05, 0.1) is 18.4 Å². The Morgan fingerprint density at radius 3 is 2.46 bits per heavy atom. The van der Waals surface area contributed by atoms with Crippen LogP contribution in [0.5, 0.6) is 11.5 Å². The van der Waals surface area contributed by atoms with Crippen molar-refractivity contribution in [3.05, 3.63) is 82.7 Å². The molecule has 28 heavy (non-hydrogen) atoms. The number of aromatic hydroxyl groups is 1. The fourth-order valence-electron chi connectivity index (χ4n) is 3.13. The molecule has 0 spiro atoms. The van der Waals surface area contributed by atoms with E-state index in [-0.39, 0.29) is 5.75 Å². The van der Waals surface area contributed by atoms with Crippen LogP contribution in [-0.4, -0.2) is 12.2 Å². The van der Waals surface area contributed by atoms with Gasteiger partial charge in [-0.2, -0.15) is 0 Å². The number of para-hydroxylation sites is 1. The van der Waals surface area contributed by atoms with E-state index in [1.807, 2.05) is 49.4 Å². The number of phenols is 1. The number of hydrogen-bond acceptors (Lipinski definition) is 5. The molecule has 140 valence electrons. The lowest BCUT2D eigenvalue weighted by Crippen LogP contribution is -2.08. The Hall–Kier alpha value is -3.73. The Balaban J connectivity index is 1.95. The van der Waals surface area contributed by atoms with Crippen molar-refractivity contribution in [2.45, 2.75) is 6.92 Å². The van der Waals surface area contributed by atoms with Gasteiger partial charge in [-0.25, -0.2) is 4.79 Å². The first-order valence-electron chi connectivity index (χ1n) is 8.84. The van der Waals surface area contributed by atoms with E-state index in [1.54, 1.807) is 31.4 Å². The van der Waals surface area contributed by atoms with Gasteiger partial charge in [-0.1, -0.05) is 30.3 Å². The number of hydrogen-bond donors (Lipinski definition) is 2. The van der Waals surface area contributed by atoms with E-state index in [0.717, 1.165) is 10.9 Å². The molecule has 0 aliphatic heterocycles. The van der Waals surface area contributed by atoms with Gasteiger partial charge < -0.3 is 19.6 Å². The first-order chi connectivity index (χ1) is 13.6. The molecule has 4 aromatic rings. The first-order valence-corrected chi connectivity index (χ1v) is 8.84. The minimum absolute atomic E-state index is 0.184. The third kappa shape index (κ3) is 3.18. The van der Waals surface area contributed by atoms with Crippen LogP contribution in [0, 0.1) is 6.92 Å². The van der Waals surface area contributed by atoms with E-state index in [2.05, 4.69) is 5.32 Å². The molecule has 5 nitrogen and oxygen atoms in total. The zero-order chi connectivity index (χ0) is 19.7. The Bertz CT molecular complexity index is 1210. The lowest BCUT2D eigenvalue weighted by Gasteiger charge is -2.15. The molecule has 0 fully saturated rings. The summed E-state index contributed by atoms with van der Waals surface area (Å²) in [6.07, 6.45) is 0. The van der Waals surface area contributed by atoms with Crippen LogP contribution in [0.1, 0.15) is 5.56 Å². The minimum atomic E-state index is -0.442. The maximum Gasteiger partial charge on any atom is 0.346 e. The van der Waals surface area contributed by atoms with E-state index in [4.69, 9.17) is 9.15 Å². The summed E-state index contributed by atoms with van der Waals surface area (Å²) < 4.78 is 10.8. The monoisotopic (exact) mass is 373 g/mol. The SMILES string of the molecule is COc1ccc(-c2c(Nc3ccc(C)c(O)c3)c3ccccc3oc2=O)cc1. The van der Waals surface area contributed by atoms with Gasteiger partial charge in [-0.15, -0.1) is 0 Å². The Morgan fingerprint density at radius 2 is 1.75 bits per heavy atom. The number of nitrogens with one attached hydrogen (secondary N) is 1. The molecule has 1 heterocycles. The maximum absolute atomic E-state index is 12.8. The quantitative estimate of drug-likeness (QED) is 0.480. The maximum atomic E-state index is 12.8. The standard InChI is InChI=1S/C23H19NO4/c1-14-7-10-16(13-19(14)25)24-22-18-5-3-4-6-20(18)28-23(26)21(22)15-8-11-17(27-2)12-9-15/h3-13,24-25H,1-2H3. The molecule has 0 radical (unpaired) electrons. The molecule has 0 atom stereocenters. The summed E-state index contributed by atoms with van der Waals surface area (Å²) in [5.74, 6) is 0.884. The van der Waals surface area contributed by atoms with Gasteiger partial charge in [0, 0.05) is 17.1 Å². The molecule has 0 unspecified atom stereocenters. The molecule has 0 bridgehead atoms. The fourth-order valence-corrected chi connectivity index (χ4v) is 3.13. The van der Waals surface area contributed by atoms with Gasteiger partial charge in [0.25, 0.3) is 0 Å². The molecule has 4 rings (SSSR count). The molecule has 0 saturated carbocycles. The number of phenolic OH excluding ortho intramolecular Hbond substituents is 1. The first kappa shape index (κ1) is 17.7. The largest absolute Gasteiger partial charge is 0.508 e. The van der Waals surface area contributed by atoms with Crippen LogP contribution in [0.2, 0.25) is 0 Å². The number of aryl methyl sites for hydroxylation is 1. The average molecular weight is 373 g/mol. The third-order valence-corrected chi connectivity index (χ3v) is 4.67. The summed E-state index contributed by atoms with van der Waals surface area (Å²) in [5.41, 5.74) is 3.25. The summed E-state index contributed by atoms with van der Waals surface area (Å²) in [6, 6.07) is 19.9. The Labute approximate surface area is 161 Å². The van der Waals surface area contributed by atoms with Crippen molar-refractivity contribution in [1.29, 1.82) is 0 Å². The fraction of sp³-hybridized carbons (Fsp3) is 0.0870. The van der Waals surface area contributed by atoms with Gasteiger partial charge >= 0.3 is 5.63 Å². The van der Waals surface area contributed by atoms with Crippen LogP contribution in [0.4, 0.5) is 11.4 Å². The lowest BCUT2D eigenvalue weighted by atomic mass is 10.0. The number of rotatable bonds is 4. The van der Waals surface area contributed by atoms with Gasteiger partial charge in [0.1, 0.15) is 17.1 Å². The highest BCUT2D eigenvalue weighted by Crippen LogP contribution is 2.35. The van der Waals surface area contributed by atoms with Crippen molar-refractivity contribution in [1.82, 2.24) is 0 Å². The number of ether oxygens (including phenoxy) is 1. The van der Waals surface area contributed by atoms with Gasteiger partial charge in [-0.05, 0) is 48.4 Å². The summed E-state index contributed by atoms with van der Waals surface area (Å²) in [6.45, 7) is 1.83. The molecule has 0 amide bonds. The second-order valence-corrected chi connectivity index (χ2v) is 6.49. The van der Waals surface area contributed by atoms with Crippen LogP contribution in [0.25, 0.3) is 22.1 Å². The van der Waals surface area contributed by atoms with Gasteiger partial charge in [0.15, 0.2) is 0 Å². The Kier molecular flexibility index (Phi) is 4.49. The van der Waals surface area contributed by atoms with Crippen LogP contribution >= 0.6 is 0 Å². The smallest absolute Gasteiger partial charge is 0.346 e. The topological polar surface area (TPSA) is 71.7 Å². The molecule has 2 N–H and O–H groups in total. The number of methoxy groups -OCH3 is 1. The highest BCUT2D eigenvalue weighted by molar-refractivity contribution is 5.99. The van der Waals surface area contributed by atoms with Crippen molar-refractivity contribution >= 4 is 22.3 Å². The zero-order valence-corrected chi connectivity index (χ0v) is 15.5. The second kappa shape index (κ2) is 7.12. The van der Waals surface area contributed by atoms with Crippen molar-refractivity contribution in [2.24, 2.45) is 0 Å². The predicted octanol–water partition coefficient (Wildman–Crippen LogP) is 5.23. The molecule has 5 heteroatoms. The van der Waals surface area contributed by atoms with Crippen molar-refractivity contribution in [3.63, 3.8) is 0 Å². The van der Waals surface area contributed by atoms with Crippen LogP contribution < -0.4 is 15.7 Å². The van der Waals surface area contributed by atoms with Gasteiger partial charge in [-0.3, -0.25) is 0 Å². The van der Waals surface area contributed by atoms with Crippen molar-refractivity contribution in [3.8, 4) is 22.6 Å². The van der Waals surface area contributed by atoms with E-state index in [1.165, 1.54) is 0 Å².